The fourth-order valence-corrected chi connectivity index (χ4v) is 4.48. The second-order valence-electron chi connectivity index (χ2n) is 6.65. The largest absolute Gasteiger partial charge is 0.341 e. The number of carbonyl (C=O) groups is 1. The number of fused-ring (bicyclic) bond motifs is 3. The van der Waals surface area contributed by atoms with Crippen molar-refractivity contribution in [1.29, 1.82) is 0 Å². The molecule has 28 heavy (non-hydrogen) atoms. The van der Waals surface area contributed by atoms with Crippen LogP contribution in [0.3, 0.4) is 0 Å². The van der Waals surface area contributed by atoms with E-state index in [0.29, 0.717) is 12.3 Å². The Hall–Kier alpha value is -2.38. The molecule has 5 nitrogen and oxygen atoms in total. The molecule has 0 unspecified atom stereocenters. The highest BCUT2D eigenvalue weighted by molar-refractivity contribution is 9.10. The van der Waals surface area contributed by atoms with Gasteiger partial charge in [-0.1, -0.05) is 64.1 Å². The Balaban J connectivity index is 1.53. The molecule has 142 valence electrons. The molecule has 2 aromatic heterocycles. The summed E-state index contributed by atoms with van der Waals surface area (Å²) in [6.07, 6.45) is 0. The van der Waals surface area contributed by atoms with Crippen LogP contribution in [0, 0.1) is 6.92 Å². The number of pyridine rings is 1. The summed E-state index contributed by atoms with van der Waals surface area (Å²) in [6.45, 7) is 2.63. The van der Waals surface area contributed by atoms with Gasteiger partial charge in [0.25, 0.3) is 0 Å². The Bertz CT molecular complexity index is 1170. The number of hydrogen-bond donors (Lipinski definition) is 0. The van der Waals surface area contributed by atoms with Gasteiger partial charge in [-0.05, 0) is 36.2 Å². The lowest BCUT2D eigenvalue weighted by Crippen LogP contribution is -2.28. The van der Waals surface area contributed by atoms with Crippen LogP contribution in [-0.2, 0) is 11.3 Å². The number of thioether (sulfide) groups is 1. The molecular formula is C21H19BrN4OS. The molecule has 0 spiro atoms. The van der Waals surface area contributed by atoms with Gasteiger partial charge in [0, 0.05) is 23.5 Å². The zero-order valence-corrected chi connectivity index (χ0v) is 18.0. The van der Waals surface area contributed by atoms with Crippen LogP contribution in [0.4, 0.5) is 0 Å². The summed E-state index contributed by atoms with van der Waals surface area (Å²) in [5.41, 5.74) is 4.10. The summed E-state index contributed by atoms with van der Waals surface area (Å²) >= 11 is 4.95. The summed E-state index contributed by atoms with van der Waals surface area (Å²) in [6, 6.07) is 18.2. The van der Waals surface area contributed by atoms with Gasteiger partial charge in [-0.15, -0.1) is 10.2 Å². The lowest BCUT2D eigenvalue weighted by atomic mass is 10.1. The number of nitrogens with zero attached hydrogens (tertiary/aromatic N) is 4. The van der Waals surface area contributed by atoms with E-state index in [9.17, 15) is 4.79 Å². The van der Waals surface area contributed by atoms with Crippen molar-refractivity contribution < 1.29 is 4.79 Å². The molecule has 0 radical (unpaired) electrons. The molecule has 0 atom stereocenters. The number of amides is 1. The number of halogens is 1. The molecule has 0 fully saturated rings. The van der Waals surface area contributed by atoms with Crippen molar-refractivity contribution in [3.05, 3.63) is 70.2 Å². The lowest BCUT2D eigenvalue weighted by molar-refractivity contribution is -0.127. The van der Waals surface area contributed by atoms with Crippen LogP contribution >= 0.6 is 27.7 Å². The molecular weight excluding hydrogens is 436 g/mol. The summed E-state index contributed by atoms with van der Waals surface area (Å²) < 4.78 is 3.03. The predicted molar refractivity (Wildman–Crippen MR) is 117 cm³/mol. The van der Waals surface area contributed by atoms with Crippen LogP contribution in [0.1, 0.15) is 11.1 Å². The SMILES string of the molecule is Cc1cc2nnc(SCC(=O)N(C)Cc3ccccc3Br)n2c2ccccc12. The van der Waals surface area contributed by atoms with Gasteiger partial charge in [-0.2, -0.15) is 0 Å². The van der Waals surface area contributed by atoms with E-state index in [2.05, 4.69) is 45.2 Å². The van der Waals surface area contributed by atoms with Crippen molar-refractivity contribution in [3.63, 3.8) is 0 Å². The van der Waals surface area contributed by atoms with Gasteiger partial charge in [-0.3, -0.25) is 9.20 Å². The van der Waals surface area contributed by atoms with E-state index in [1.54, 1.807) is 4.90 Å². The number of para-hydroxylation sites is 1. The third kappa shape index (κ3) is 3.64. The average Bonchev–Trinajstić information content (AvgIpc) is 3.11. The zero-order valence-electron chi connectivity index (χ0n) is 15.6. The number of rotatable bonds is 5. The highest BCUT2D eigenvalue weighted by Gasteiger charge is 2.15. The Labute approximate surface area is 175 Å². The van der Waals surface area contributed by atoms with E-state index in [1.165, 1.54) is 11.8 Å². The molecule has 0 aliphatic heterocycles. The van der Waals surface area contributed by atoms with E-state index >= 15 is 0 Å². The van der Waals surface area contributed by atoms with E-state index in [0.717, 1.165) is 37.3 Å². The molecule has 4 aromatic rings. The number of benzene rings is 2. The maximum Gasteiger partial charge on any atom is 0.233 e. The van der Waals surface area contributed by atoms with Crippen molar-refractivity contribution in [2.45, 2.75) is 18.6 Å². The maximum atomic E-state index is 12.6. The van der Waals surface area contributed by atoms with Crippen LogP contribution in [0.25, 0.3) is 16.6 Å². The van der Waals surface area contributed by atoms with Crippen molar-refractivity contribution in [3.8, 4) is 0 Å². The van der Waals surface area contributed by atoms with Gasteiger partial charge in [0.05, 0.1) is 11.3 Å². The standard InChI is InChI=1S/C21H19BrN4OS/c1-14-11-19-23-24-21(26(19)18-10-6-4-8-16(14)18)28-13-20(27)25(2)12-15-7-3-5-9-17(15)22/h3-11H,12-13H2,1-2H3. The normalized spacial score (nSPS) is 11.2. The first-order valence-electron chi connectivity index (χ1n) is 8.88. The molecule has 1 amide bonds. The smallest absolute Gasteiger partial charge is 0.233 e. The molecule has 0 N–H and O–H groups in total. The minimum Gasteiger partial charge on any atom is -0.341 e. The maximum absolute atomic E-state index is 12.6. The molecule has 2 aromatic carbocycles. The van der Waals surface area contributed by atoms with Crippen LogP contribution in [0.15, 0.2) is 64.2 Å². The van der Waals surface area contributed by atoms with Gasteiger partial charge in [0.2, 0.25) is 5.91 Å². The van der Waals surface area contributed by atoms with Crippen LogP contribution in [0.5, 0.6) is 0 Å². The molecule has 7 heteroatoms. The van der Waals surface area contributed by atoms with Gasteiger partial charge in [0.1, 0.15) is 0 Å². The van der Waals surface area contributed by atoms with E-state index in [1.807, 2.05) is 53.9 Å². The van der Waals surface area contributed by atoms with Gasteiger partial charge in [0.15, 0.2) is 10.8 Å². The first-order chi connectivity index (χ1) is 13.5. The molecule has 0 saturated carbocycles. The summed E-state index contributed by atoms with van der Waals surface area (Å²) in [4.78, 5) is 14.4. The summed E-state index contributed by atoms with van der Waals surface area (Å²) in [5.74, 6) is 0.359. The monoisotopic (exact) mass is 454 g/mol. The van der Waals surface area contributed by atoms with Crippen molar-refractivity contribution in [1.82, 2.24) is 19.5 Å². The Morgan fingerprint density at radius 1 is 1.14 bits per heavy atom. The average molecular weight is 455 g/mol. The zero-order chi connectivity index (χ0) is 19.7. The van der Waals surface area contributed by atoms with Crippen LogP contribution in [-0.4, -0.2) is 38.2 Å². The molecule has 0 bridgehead atoms. The fourth-order valence-electron chi connectivity index (χ4n) is 3.18. The molecule has 0 saturated heterocycles. The van der Waals surface area contributed by atoms with Crippen molar-refractivity contribution in [2.24, 2.45) is 0 Å². The minimum atomic E-state index is 0.0499. The molecule has 0 aliphatic carbocycles. The fraction of sp³-hybridized carbons (Fsp3) is 0.190. The predicted octanol–water partition coefficient (Wildman–Crippen LogP) is 4.70. The Morgan fingerprint density at radius 3 is 2.71 bits per heavy atom. The number of aryl methyl sites for hydroxylation is 1. The topological polar surface area (TPSA) is 50.5 Å². The van der Waals surface area contributed by atoms with Crippen molar-refractivity contribution in [2.75, 3.05) is 12.8 Å². The van der Waals surface area contributed by atoms with E-state index in [4.69, 9.17) is 0 Å². The number of carbonyl (C=O) groups excluding carboxylic acids is 1. The van der Waals surface area contributed by atoms with Gasteiger partial charge >= 0.3 is 0 Å². The van der Waals surface area contributed by atoms with E-state index < -0.39 is 0 Å². The number of aromatic nitrogens is 3. The Morgan fingerprint density at radius 2 is 1.89 bits per heavy atom. The Kier molecular flexibility index (Phi) is 5.37. The third-order valence-corrected chi connectivity index (χ3v) is 6.38. The molecule has 2 heterocycles. The lowest BCUT2D eigenvalue weighted by Gasteiger charge is -2.17. The number of hydrogen-bond acceptors (Lipinski definition) is 4. The quantitative estimate of drug-likeness (QED) is 0.410. The van der Waals surface area contributed by atoms with Gasteiger partial charge < -0.3 is 4.90 Å². The third-order valence-electron chi connectivity index (χ3n) is 4.69. The highest BCUT2D eigenvalue weighted by atomic mass is 79.9. The first kappa shape index (κ1) is 19.0. The van der Waals surface area contributed by atoms with Crippen molar-refractivity contribution >= 4 is 50.1 Å². The first-order valence-corrected chi connectivity index (χ1v) is 10.7. The van der Waals surface area contributed by atoms with Crippen LogP contribution < -0.4 is 0 Å². The molecule has 4 rings (SSSR count). The minimum absolute atomic E-state index is 0.0499. The van der Waals surface area contributed by atoms with Crippen LogP contribution in [0.2, 0.25) is 0 Å². The van der Waals surface area contributed by atoms with Gasteiger partial charge in [-0.25, -0.2) is 0 Å². The second kappa shape index (κ2) is 7.93. The van der Waals surface area contributed by atoms with E-state index in [-0.39, 0.29) is 5.91 Å². The summed E-state index contributed by atoms with van der Waals surface area (Å²) in [7, 11) is 1.82. The molecule has 0 aliphatic rings. The summed E-state index contributed by atoms with van der Waals surface area (Å²) in [5, 5.41) is 10.5. The highest BCUT2D eigenvalue weighted by Crippen LogP contribution is 2.26. The second-order valence-corrected chi connectivity index (χ2v) is 8.45.